The van der Waals surface area contributed by atoms with Gasteiger partial charge in [-0.1, -0.05) is 12.8 Å². The van der Waals surface area contributed by atoms with E-state index in [-0.39, 0.29) is 5.56 Å². The SMILES string of the molecule is CC#CCn1nc2c(cc1=O)CC(C)CC2. The van der Waals surface area contributed by atoms with Gasteiger partial charge in [-0.25, -0.2) is 4.68 Å². The molecule has 0 bridgehead atoms. The van der Waals surface area contributed by atoms with Gasteiger partial charge in [-0.05, 0) is 37.7 Å². The van der Waals surface area contributed by atoms with Gasteiger partial charge in [0.25, 0.3) is 5.56 Å². The summed E-state index contributed by atoms with van der Waals surface area (Å²) in [5, 5.41) is 4.39. The monoisotopic (exact) mass is 216 g/mol. The Bertz CT molecular complexity index is 505. The molecule has 0 radical (unpaired) electrons. The molecule has 16 heavy (non-hydrogen) atoms. The molecule has 2 rings (SSSR count). The summed E-state index contributed by atoms with van der Waals surface area (Å²) in [5.41, 5.74) is 2.18. The number of fused-ring (bicyclic) bond motifs is 1. The molecule has 84 valence electrons. The van der Waals surface area contributed by atoms with Crippen molar-refractivity contribution >= 4 is 0 Å². The van der Waals surface area contributed by atoms with E-state index in [1.165, 1.54) is 4.68 Å². The molecule has 1 atom stereocenters. The molecule has 1 aliphatic carbocycles. The lowest BCUT2D eigenvalue weighted by Crippen LogP contribution is -2.27. The van der Waals surface area contributed by atoms with Gasteiger partial charge in [0.15, 0.2) is 0 Å². The fraction of sp³-hybridized carbons (Fsp3) is 0.538. The van der Waals surface area contributed by atoms with Crippen LogP contribution in [0.4, 0.5) is 0 Å². The normalized spacial score (nSPS) is 18.5. The Hall–Kier alpha value is -1.56. The summed E-state index contributed by atoms with van der Waals surface area (Å²) in [4.78, 5) is 11.7. The molecule has 1 aromatic heterocycles. The Morgan fingerprint density at radius 3 is 3.19 bits per heavy atom. The molecular weight excluding hydrogens is 200 g/mol. The standard InChI is InChI=1S/C13H16N2O/c1-3-4-7-15-13(16)9-11-8-10(2)5-6-12(11)14-15/h9-10H,5-8H2,1-2H3. The highest BCUT2D eigenvalue weighted by atomic mass is 16.1. The second-order valence-electron chi connectivity index (χ2n) is 4.39. The first-order chi connectivity index (χ1) is 7.70. The molecular formula is C13H16N2O. The van der Waals surface area contributed by atoms with Crippen LogP contribution in [-0.2, 0) is 19.4 Å². The average molecular weight is 216 g/mol. The van der Waals surface area contributed by atoms with E-state index in [1.54, 1.807) is 13.0 Å². The van der Waals surface area contributed by atoms with Gasteiger partial charge in [-0.2, -0.15) is 5.10 Å². The van der Waals surface area contributed by atoms with Gasteiger partial charge in [0.05, 0.1) is 5.69 Å². The van der Waals surface area contributed by atoms with Crippen molar-refractivity contribution in [1.82, 2.24) is 9.78 Å². The quantitative estimate of drug-likeness (QED) is 0.665. The van der Waals surface area contributed by atoms with Crippen molar-refractivity contribution in [3.8, 4) is 11.8 Å². The summed E-state index contributed by atoms with van der Waals surface area (Å²) in [6, 6.07) is 1.73. The third-order valence-corrected chi connectivity index (χ3v) is 3.01. The van der Waals surface area contributed by atoms with E-state index in [0.717, 1.165) is 30.5 Å². The third-order valence-electron chi connectivity index (χ3n) is 3.01. The number of hydrogen-bond acceptors (Lipinski definition) is 2. The lowest BCUT2D eigenvalue weighted by Gasteiger charge is -2.20. The molecule has 0 amide bonds. The lowest BCUT2D eigenvalue weighted by atomic mass is 9.88. The Labute approximate surface area is 95.5 Å². The maximum Gasteiger partial charge on any atom is 0.267 e. The minimum absolute atomic E-state index is 0.0319. The molecule has 1 unspecified atom stereocenters. The first-order valence-electron chi connectivity index (χ1n) is 5.70. The second kappa shape index (κ2) is 4.52. The van der Waals surface area contributed by atoms with Crippen molar-refractivity contribution in [2.75, 3.05) is 0 Å². The summed E-state index contributed by atoms with van der Waals surface area (Å²) in [7, 11) is 0. The molecule has 1 aliphatic rings. The molecule has 1 heterocycles. The van der Waals surface area contributed by atoms with Crippen LogP contribution >= 0.6 is 0 Å². The van der Waals surface area contributed by atoms with E-state index in [1.807, 2.05) is 0 Å². The molecule has 0 aromatic carbocycles. The van der Waals surface area contributed by atoms with Crippen molar-refractivity contribution in [1.29, 1.82) is 0 Å². The first kappa shape index (κ1) is 10.9. The van der Waals surface area contributed by atoms with E-state index >= 15 is 0 Å². The van der Waals surface area contributed by atoms with Crippen LogP contribution < -0.4 is 5.56 Å². The zero-order valence-electron chi connectivity index (χ0n) is 9.79. The van der Waals surface area contributed by atoms with E-state index in [2.05, 4.69) is 23.9 Å². The van der Waals surface area contributed by atoms with Gasteiger partial charge in [0, 0.05) is 6.07 Å². The average Bonchev–Trinajstić information content (AvgIpc) is 2.26. The van der Waals surface area contributed by atoms with Gasteiger partial charge in [-0.15, -0.1) is 5.92 Å². The van der Waals surface area contributed by atoms with Crippen LogP contribution in [0.25, 0.3) is 0 Å². The maximum absolute atomic E-state index is 11.7. The first-order valence-corrected chi connectivity index (χ1v) is 5.70. The Balaban J connectivity index is 2.36. The van der Waals surface area contributed by atoms with Crippen molar-refractivity contribution in [2.45, 2.75) is 39.7 Å². The summed E-state index contributed by atoms with van der Waals surface area (Å²) in [6.07, 6.45) is 3.13. The number of nitrogens with zero attached hydrogens (tertiary/aromatic N) is 2. The minimum Gasteiger partial charge on any atom is -0.268 e. The summed E-state index contributed by atoms with van der Waals surface area (Å²) in [5.74, 6) is 6.32. The second-order valence-corrected chi connectivity index (χ2v) is 4.39. The number of hydrogen-bond donors (Lipinski definition) is 0. The maximum atomic E-state index is 11.7. The third kappa shape index (κ3) is 2.16. The van der Waals surface area contributed by atoms with Crippen LogP contribution in [0, 0.1) is 17.8 Å². The zero-order valence-corrected chi connectivity index (χ0v) is 9.79. The zero-order chi connectivity index (χ0) is 11.5. The van der Waals surface area contributed by atoms with Crippen LogP contribution in [0.5, 0.6) is 0 Å². The Kier molecular flexibility index (Phi) is 3.09. The van der Waals surface area contributed by atoms with Crippen LogP contribution in [-0.4, -0.2) is 9.78 Å². The van der Waals surface area contributed by atoms with Crippen molar-refractivity contribution in [3.63, 3.8) is 0 Å². The van der Waals surface area contributed by atoms with Crippen molar-refractivity contribution in [2.24, 2.45) is 5.92 Å². The topological polar surface area (TPSA) is 34.9 Å². The molecule has 0 spiro atoms. The van der Waals surface area contributed by atoms with E-state index in [0.29, 0.717) is 12.5 Å². The Morgan fingerprint density at radius 1 is 1.62 bits per heavy atom. The van der Waals surface area contributed by atoms with E-state index in [4.69, 9.17) is 0 Å². The minimum atomic E-state index is -0.0319. The van der Waals surface area contributed by atoms with Gasteiger partial charge < -0.3 is 0 Å². The highest BCUT2D eigenvalue weighted by Gasteiger charge is 2.17. The van der Waals surface area contributed by atoms with Crippen LogP contribution in [0.1, 0.15) is 31.5 Å². The van der Waals surface area contributed by atoms with Gasteiger partial charge >= 0.3 is 0 Å². The van der Waals surface area contributed by atoms with Gasteiger partial charge in [-0.3, -0.25) is 4.79 Å². The molecule has 3 nitrogen and oxygen atoms in total. The smallest absolute Gasteiger partial charge is 0.267 e. The predicted octanol–water partition coefficient (Wildman–Crippen LogP) is 1.39. The van der Waals surface area contributed by atoms with Crippen molar-refractivity contribution < 1.29 is 0 Å². The lowest BCUT2D eigenvalue weighted by molar-refractivity contribution is 0.477. The Morgan fingerprint density at radius 2 is 2.44 bits per heavy atom. The summed E-state index contributed by atoms with van der Waals surface area (Å²) in [6.45, 7) is 4.39. The fourth-order valence-electron chi connectivity index (χ4n) is 2.08. The fourth-order valence-corrected chi connectivity index (χ4v) is 2.08. The molecule has 0 saturated carbocycles. The van der Waals surface area contributed by atoms with E-state index in [9.17, 15) is 4.79 Å². The predicted molar refractivity (Wildman–Crippen MR) is 63.1 cm³/mol. The van der Waals surface area contributed by atoms with Gasteiger partial charge in [0.1, 0.15) is 6.54 Å². The molecule has 0 aliphatic heterocycles. The molecule has 0 N–H and O–H groups in total. The van der Waals surface area contributed by atoms with Crippen LogP contribution in [0.2, 0.25) is 0 Å². The number of aromatic nitrogens is 2. The molecule has 3 heteroatoms. The molecule has 0 saturated heterocycles. The molecule has 1 aromatic rings. The largest absolute Gasteiger partial charge is 0.268 e. The summed E-state index contributed by atoms with van der Waals surface area (Å²) < 4.78 is 1.46. The van der Waals surface area contributed by atoms with Crippen LogP contribution in [0.15, 0.2) is 10.9 Å². The highest BCUT2D eigenvalue weighted by Crippen LogP contribution is 2.21. The van der Waals surface area contributed by atoms with E-state index < -0.39 is 0 Å². The van der Waals surface area contributed by atoms with Gasteiger partial charge in [0.2, 0.25) is 0 Å². The van der Waals surface area contributed by atoms with Crippen LogP contribution in [0.3, 0.4) is 0 Å². The highest BCUT2D eigenvalue weighted by molar-refractivity contribution is 5.21. The number of aryl methyl sites for hydroxylation is 1. The summed E-state index contributed by atoms with van der Waals surface area (Å²) >= 11 is 0. The number of rotatable bonds is 1. The van der Waals surface area contributed by atoms with Crippen molar-refractivity contribution in [3.05, 3.63) is 27.7 Å². The molecule has 0 fully saturated rings.